The van der Waals surface area contributed by atoms with Crippen LogP contribution in [0.25, 0.3) is 0 Å². The van der Waals surface area contributed by atoms with Gasteiger partial charge in [0.15, 0.2) is 11.5 Å². The summed E-state index contributed by atoms with van der Waals surface area (Å²) in [7, 11) is 3.23. The van der Waals surface area contributed by atoms with Gasteiger partial charge in [0.1, 0.15) is 5.15 Å². The molecule has 0 aliphatic carbocycles. The smallest absolute Gasteiger partial charge is 0.174 e. The number of halogens is 2. The predicted molar refractivity (Wildman–Crippen MR) is 88.6 cm³/mol. The molecule has 21 heavy (non-hydrogen) atoms. The van der Waals surface area contributed by atoms with Crippen molar-refractivity contribution in [3.63, 3.8) is 0 Å². The van der Waals surface area contributed by atoms with E-state index in [-0.39, 0.29) is 0 Å². The Kier molecular flexibility index (Phi) is 5.31. The number of rotatable bonds is 5. The second kappa shape index (κ2) is 7.00. The maximum Gasteiger partial charge on any atom is 0.174 e. The molecule has 0 unspecified atom stereocenters. The highest BCUT2D eigenvalue weighted by molar-refractivity contribution is 9.10. The van der Waals surface area contributed by atoms with Crippen molar-refractivity contribution in [1.29, 1.82) is 0 Å². The standard InChI is InChI=1S/C15H16BrClN2O2/c1-9-4-11(8-19-15(9)17)18-7-10-5-12(16)14(21-3)13(6-10)20-2/h4-6,8,18H,7H2,1-3H3. The lowest BCUT2D eigenvalue weighted by Crippen LogP contribution is -2.02. The molecule has 0 fully saturated rings. The summed E-state index contributed by atoms with van der Waals surface area (Å²) >= 11 is 9.40. The molecule has 0 bridgehead atoms. The van der Waals surface area contributed by atoms with Crippen molar-refractivity contribution in [3.05, 3.63) is 45.1 Å². The van der Waals surface area contributed by atoms with Gasteiger partial charge in [0.25, 0.3) is 0 Å². The van der Waals surface area contributed by atoms with E-state index in [1.807, 2.05) is 25.1 Å². The molecule has 1 aromatic carbocycles. The SMILES string of the molecule is COc1cc(CNc2cnc(Cl)c(C)c2)cc(Br)c1OC. The Labute approximate surface area is 137 Å². The summed E-state index contributed by atoms with van der Waals surface area (Å²) in [5.41, 5.74) is 2.92. The van der Waals surface area contributed by atoms with Crippen molar-refractivity contribution in [2.75, 3.05) is 19.5 Å². The molecule has 112 valence electrons. The van der Waals surface area contributed by atoms with Crippen LogP contribution in [-0.4, -0.2) is 19.2 Å². The first-order chi connectivity index (χ1) is 10.0. The van der Waals surface area contributed by atoms with Crippen molar-refractivity contribution in [2.24, 2.45) is 0 Å². The quantitative estimate of drug-likeness (QED) is 0.789. The van der Waals surface area contributed by atoms with E-state index in [0.29, 0.717) is 23.2 Å². The van der Waals surface area contributed by atoms with Crippen molar-refractivity contribution in [3.8, 4) is 11.5 Å². The van der Waals surface area contributed by atoms with Crippen LogP contribution in [0.2, 0.25) is 5.15 Å². The molecule has 0 aliphatic heterocycles. The summed E-state index contributed by atoms with van der Waals surface area (Å²) in [5.74, 6) is 1.37. The zero-order valence-electron chi connectivity index (χ0n) is 12.0. The first-order valence-electron chi connectivity index (χ1n) is 6.31. The predicted octanol–water partition coefficient (Wildman–Crippen LogP) is 4.44. The fraction of sp³-hybridized carbons (Fsp3) is 0.267. The Balaban J connectivity index is 2.16. The lowest BCUT2D eigenvalue weighted by Gasteiger charge is -2.13. The van der Waals surface area contributed by atoms with E-state index >= 15 is 0 Å². The van der Waals surface area contributed by atoms with Gasteiger partial charge in [0.2, 0.25) is 0 Å². The maximum absolute atomic E-state index is 5.92. The third-order valence-electron chi connectivity index (χ3n) is 3.00. The van der Waals surface area contributed by atoms with Crippen molar-refractivity contribution >= 4 is 33.2 Å². The summed E-state index contributed by atoms with van der Waals surface area (Å²) < 4.78 is 11.5. The summed E-state index contributed by atoms with van der Waals surface area (Å²) in [6.45, 7) is 2.56. The highest BCUT2D eigenvalue weighted by Gasteiger charge is 2.10. The van der Waals surface area contributed by atoms with Gasteiger partial charge in [-0.3, -0.25) is 0 Å². The van der Waals surface area contributed by atoms with Gasteiger partial charge in [-0.05, 0) is 52.2 Å². The van der Waals surface area contributed by atoms with E-state index in [1.54, 1.807) is 20.4 Å². The number of hydrogen-bond donors (Lipinski definition) is 1. The normalized spacial score (nSPS) is 10.3. The van der Waals surface area contributed by atoms with Crippen LogP contribution >= 0.6 is 27.5 Å². The number of aryl methyl sites for hydroxylation is 1. The molecule has 0 aliphatic rings. The number of methoxy groups -OCH3 is 2. The van der Waals surface area contributed by atoms with E-state index in [4.69, 9.17) is 21.1 Å². The molecular weight excluding hydrogens is 356 g/mol. The average Bonchev–Trinajstić information content (AvgIpc) is 2.47. The van der Waals surface area contributed by atoms with Crippen LogP contribution in [-0.2, 0) is 6.54 Å². The molecule has 0 spiro atoms. The Morgan fingerprint density at radius 1 is 1.24 bits per heavy atom. The van der Waals surface area contributed by atoms with Gasteiger partial charge in [-0.25, -0.2) is 4.98 Å². The van der Waals surface area contributed by atoms with Gasteiger partial charge in [0.05, 0.1) is 30.6 Å². The number of pyridine rings is 1. The van der Waals surface area contributed by atoms with Crippen LogP contribution in [0.4, 0.5) is 5.69 Å². The van der Waals surface area contributed by atoms with Crippen LogP contribution < -0.4 is 14.8 Å². The van der Waals surface area contributed by atoms with Gasteiger partial charge in [-0.15, -0.1) is 0 Å². The van der Waals surface area contributed by atoms with Crippen LogP contribution in [0.5, 0.6) is 11.5 Å². The fourth-order valence-electron chi connectivity index (χ4n) is 1.93. The van der Waals surface area contributed by atoms with Gasteiger partial charge < -0.3 is 14.8 Å². The summed E-state index contributed by atoms with van der Waals surface area (Å²) in [6, 6.07) is 5.89. The average molecular weight is 372 g/mol. The zero-order chi connectivity index (χ0) is 15.4. The van der Waals surface area contributed by atoms with Gasteiger partial charge in [-0.2, -0.15) is 0 Å². The van der Waals surface area contributed by atoms with Gasteiger partial charge in [-0.1, -0.05) is 11.6 Å². The highest BCUT2D eigenvalue weighted by Crippen LogP contribution is 2.36. The molecule has 1 heterocycles. The van der Waals surface area contributed by atoms with Gasteiger partial charge >= 0.3 is 0 Å². The number of benzene rings is 1. The highest BCUT2D eigenvalue weighted by atomic mass is 79.9. The van der Waals surface area contributed by atoms with E-state index in [0.717, 1.165) is 21.3 Å². The van der Waals surface area contributed by atoms with Crippen LogP contribution in [0, 0.1) is 6.92 Å². The maximum atomic E-state index is 5.92. The van der Waals surface area contributed by atoms with E-state index in [1.165, 1.54) is 0 Å². The first kappa shape index (κ1) is 15.9. The molecule has 2 aromatic rings. The van der Waals surface area contributed by atoms with Crippen LogP contribution in [0.3, 0.4) is 0 Å². The molecule has 0 amide bonds. The minimum Gasteiger partial charge on any atom is -0.493 e. The minimum absolute atomic E-state index is 0.523. The van der Waals surface area contributed by atoms with Crippen LogP contribution in [0.15, 0.2) is 28.9 Å². The molecule has 0 radical (unpaired) electrons. The van der Waals surface area contributed by atoms with Crippen LogP contribution in [0.1, 0.15) is 11.1 Å². The summed E-state index contributed by atoms with van der Waals surface area (Å²) in [6.07, 6.45) is 1.71. The number of hydrogen-bond acceptors (Lipinski definition) is 4. The Morgan fingerprint density at radius 2 is 2.00 bits per heavy atom. The molecular formula is C15H16BrClN2O2. The number of aromatic nitrogens is 1. The van der Waals surface area contributed by atoms with Crippen molar-refractivity contribution < 1.29 is 9.47 Å². The number of ether oxygens (including phenoxy) is 2. The molecule has 1 aromatic heterocycles. The fourth-order valence-corrected chi connectivity index (χ4v) is 2.69. The Morgan fingerprint density at radius 3 is 2.62 bits per heavy atom. The first-order valence-corrected chi connectivity index (χ1v) is 7.48. The molecule has 0 saturated heterocycles. The number of nitrogens with one attached hydrogen (secondary N) is 1. The van der Waals surface area contributed by atoms with Crippen molar-refractivity contribution in [2.45, 2.75) is 13.5 Å². The third kappa shape index (κ3) is 3.80. The van der Waals surface area contributed by atoms with Crippen molar-refractivity contribution in [1.82, 2.24) is 4.98 Å². The van der Waals surface area contributed by atoms with E-state index < -0.39 is 0 Å². The second-order valence-electron chi connectivity index (χ2n) is 4.50. The summed E-state index contributed by atoms with van der Waals surface area (Å²) in [4.78, 5) is 4.12. The topological polar surface area (TPSA) is 43.4 Å². The number of nitrogens with zero attached hydrogens (tertiary/aromatic N) is 1. The van der Waals surface area contributed by atoms with E-state index in [2.05, 4.69) is 26.2 Å². The minimum atomic E-state index is 0.523. The molecule has 4 nitrogen and oxygen atoms in total. The largest absolute Gasteiger partial charge is 0.493 e. The Hall–Kier alpha value is -1.46. The summed E-state index contributed by atoms with van der Waals surface area (Å²) in [5, 5.41) is 3.83. The third-order valence-corrected chi connectivity index (χ3v) is 3.99. The monoisotopic (exact) mass is 370 g/mol. The molecule has 0 atom stereocenters. The lowest BCUT2D eigenvalue weighted by molar-refractivity contribution is 0.352. The molecule has 6 heteroatoms. The number of anilines is 1. The van der Waals surface area contributed by atoms with E-state index in [9.17, 15) is 0 Å². The second-order valence-corrected chi connectivity index (χ2v) is 5.71. The Bertz CT molecular complexity index is 650. The lowest BCUT2D eigenvalue weighted by atomic mass is 10.2. The zero-order valence-corrected chi connectivity index (χ0v) is 14.4. The molecule has 2 rings (SSSR count). The van der Waals surface area contributed by atoms with Gasteiger partial charge in [0, 0.05) is 6.54 Å². The molecule has 1 N–H and O–H groups in total. The molecule has 0 saturated carbocycles.